The number of benzene rings is 2. The van der Waals surface area contributed by atoms with E-state index >= 15 is 0 Å². The highest BCUT2D eigenvalue weighted by molar-refractivity contribution is 6.01. The summed E-state index contributed by atoms with van der Waals surface area (Å²) in [6.45, 7) is 6.69. The first-order valence-electron chi connectivity index (χ1n) is 10.1. The van der Waals surface area contributed by atoms with Gasteiger partial charge in [-0.05, 0) is 39.0 Å². The summed E-state index contributed by atoms with van der Waals surface area (Å²) in [5.74, 6) is -0.148. The predicted molar refractivity (Wildman–Crippen MR) is 118 cm³/mol. The number of carbonyl (C=O) groups excluding carboxylic acids is 1. The standard InChI is InChI=1S/C24H25N5O/c1-4-28-21(15-16-25-28)17(2)26-24(30)22-18(3)29(20-13-9-6-10-14-20)27-23(22)19-11-7-5-8-12-19/h5-17H,4H2,1-3H3,(H,26,30). The van der Waals surface area contributed by atoms with Gasteiger partial charge in [0, 0.05) is 18.3 Å². The van der Waals surface area contributed by atoms with Crippen LogP contribution in [0.3, 0.4) is 0 Å². The summed E-state index contributed by atoms with van der Waals surface area (Å²) in [5.41, 5.74) is 4.86. The lowest BCUT2D eigenvalue weighted by molar-refractivity contribution is 0.0938. The van der Waals surface area contributed by atoms with Crippen LogP contribution in [0.4, 0.5) is 0 Å². The molecule has 6 heteroatoms. The van der Waals surface area contributed by atoms with E-state index < -0.39 is 0 Å². The van der Waals surface area contributed by atoms with E-state index in [2.05, 4.69) is 10.4 Å². The number of hydrogen-bond donors (Lipinski definition) is 1. The molecule has 2 heterocycles. The molecule has 0 spiro atoms. The van der Waals surface area contributed by atoms with Gasteiger partial charge in [-0.15, -0.1) is 0 Å². The van der Waals surface area contributed by atoms with Crippen LogP contribution in [0, 0.1) is 6.92 Å². The summed E-state index contributed by atoms with van der Waals surface area (Å²) in [6, 6.07) is 21.4. The molecule has 1 N–H and O–H groups in total. The zero-order chi connectivity index (χ0) is 21.1. The molecule has 0 saturated heterocycles. The molecule has 1 amide bonds. The minimum absolute atomic E-state index is 0.148. The monoisotopic (exact) mass is 399 g/mol. The van der Waals surface area contributed by atoms with Crippen LogP contribution < -0.4 is 5.32 Å². The summed E-state index contributed by atoms with van der Waals surface area (Å²) < 4.78 is 3.72. The van der Waals surface area contributed by atoms with Crippen LogP contribution >= 0.6 is 0 Å². The number of aromatic nitrogens is 4. The van der Waals surface area contributed by atoms with Crippen molar-refractivity contribution in [2.75, 3.05) is 0 Å². The van der Waals surface area contributed by atoms with Gasteiger partial charge in [0.15, 0.2) is 0 Å². The highest BCUT2D eigenvalue weighted by Crippen LogP contribution is 2.28. The van der Waals surface area contributed by atoms with Crippen molar-refractivity contribution in [1.29, 1.82) is 0 Å². The Morgan fingerprint density at radius 3 is 2.37 bits per heavy atom. The molecule has 1 atom stereocenters. The molecule has 0 aliphatic carbocycles. The van der Waals surface area contributed by atoms with E-state index in [-0.39, 0.29) is 11.9 Å². The van der Waals surface area contributed by atoms with E-state index in [0.29, 0.717) is 11.3 Å². The number of carbonyl (C=O) groups is 1. The lowest BCUT2D eigenvalue weighted by Crippen LogP contribution is -2.29. The predicted octanol–water partition coefficient (Wildman–Crippen LogP) is 4.56. The van der Waals surface area contributed by atoms with Crippen LogP contribution in [0.15, 0.2) is 72.9 Å². The molecule has 2 aromatic carbocycles. The Bertz CT molecular complexity index is 1150. The summed E-state index contributed by atoms with van der Waals surface area (Å²) in [4.78, 5) is 13.4. The van der Waals surface area contributed by atoms with Gasteiger partial charge in [0.05, 0.1) is 28.7 Å². The normalized spacial score (nSPS) is 12.0. The van der Waals surface area contributed by atoms with E-state index in [1.807, 2.05) is 96.9 Å². The number of nitrogens with one attached hydrogen (secondary N) is 1. The summed E-state index contributed by atoms with van der Waals surface area (Å²) in [6.07, 6.45) is 1.76. The number of rotatable bonds is 6. The van der Waals surface area contributed by atoms with Crippen LogP contribution in [0.1, 0.15) is 41.6 Å². The maximum atomic E-state index is 13.4. The minimum atomic E-state index is -0.178. The number of hydrogen-bond acceptors (Lipinski definition) is 3. The zero-order valence-corrected chi connectivity index (χ0v) is 17.4. The Hall–Kier alpha value is -3.67. The van der Waals surface area contributed by atoms with Gasteiger partial charge in [-0.25, -0.2) is 4.68 Å². The van der Waals surface area contributed by atoms with Crippen molar-refractivity contribution >= 4 is 5.91 Å². The van der Waals surface area contributed by atoms with Gasteiger partial charge in [0.1, 0.15) is 5.69 Å². The molecule has 6 nitrogen and oxygen atoms in total. The van der Waals surface area contributed by atoms with Crippen LogP contribution in [0.5, 0.6) is 0 Å². The van der Waals surface area contributed by atoms with Crippen LogP contribution in [0.25, 0.3) is 16.9 Å². The largest absolute Gasteiger partial charge is 0.344 e. The molecule has 30 heavy (non-hydrogen) atoms. The Morgan fingerprint density at radius 2 is 1.70 bits per heavy atom. The van der Waals surface area contributed by atoms with Gasteiger partial charge in [-0.1, -0.05) is 48.5 Å². The van der Waals surface area contributed by atoms with Crippen molar-refractivity contribution in [2.45, 2.75) is 33.4 Å². The van der Waals surface area contributed by atoms with Crippen molar-refractivity contribution in [1.82, 2.24) is 24.9 Å². The lowest BCUT2D eigenvalue weighted by atomic mass is 10.0. The van der Waals surface area contributed by atoms with Crippen LogP contribution in [0.2, 0.25) is 0 Å². The fraction of sp³-hybridized carbons (Fsp3) is 0.208. The molecule has 0 fully saturated rings. The molecule has 4 aromatic rings. The third-order valence-electron chi connectivity index (χ3n) is 5.23. The number of nitrogens with zero attached hydrogens (tertiary/aromatic N) is 4. The molecule has 0 aliphatic rings. The Morgan fingerprint density at radius 1 is 1.03 bits per heavy atom. The smallest absolute Gasteiger partial charge is 0.255 e. The van der Waals surface area contributed by atoms with Crippen molar-refractivity contribution in [3.05, 3.63) is 89.9 Å². The highest BCUT2D eigenvalue weighted by atomic mass is 16.1. The van der Waals surface area contributed by atoms with E-state index in [9.17, 15) is 4.79 Å². The molecule has 1 unspecified atom stereocenters. The summed E-state index contributed by atoms with van der Waals surface area (Å²) in [7, 11) is 0. The van der Waals surface area contributed by atoms with Gasteiger partial charge in [-0.2, -0.15) is 10.2 Å². The highest BCUT2D eigenvalue weighted by Gasteiger charge is 2.25. The number of aryl methyl sites for hydroxylation is 1. The quantitative estimate of drug-likeness (QED) is 0.517. The molecule has 2 aromatic heterocycles. The van der Waals surface area contributed by atoms with E-state index in [1.165, 1.54) is 0 Å². The number of amides is 1. The lowest BCUT2D eigenvalue weighted by Gasteiger charge is -2.16. The fourth-order valence-corrected chi connectivity index (χ4v) is 3.71. The second kappa shape index (κ2) is 8.37. The third kappa shape index (κ3) is 3.64. The van der Waals surface area contributed by atoms with E-state index in [0.717, 1.165) is 29.2 Å². The maximum Gasteiger partial charge on any atom is 0.255 e. The second-order valence-electron chi connectivity index (χ2n) is 7.19. The Kier molecular flexibility index (Phi) is 5.48. The first-order valence-corrected chi connectivity index (χ1v) is 10.1. The molecule has 152 valence electrons. The molecular formula is C24H25N5O. The summed E-state index contributed by atoms with van der Waals surface area (Å²) >= 11 is 0. The molecular weight excluding hydrogens is 374 g/mol. The second-order valence-corrected chi connectivity index (χ2v) is 7.19. The average Bonchev–Trinajstić information content (AvgIpc) is 3.39. The molecule has 0 bridgehead atoms. The van der Waals surface area contributed by atoms with Crippen LogP contribution in [-0.2, 0) is 6.54 Å². The van der Waals surface area contributed by atoms with Gasteiger partial charge in [0.25, 0.3) is 5.91 Å². The third-order valence-corrected chi connectivity index (χ3v) is 5.23. The first-order chi connectivity index (χ1) is 14.6. The first kappa shape index (κ1) is 19.6. The Balaban J connectivity index is 1.76. The molecule has 0 aliphatic heterocycles. The van der Waals surface area contributed by atoms with Crippen molar-refractivity contribution < 1.29 is 4.79 Å². The topological polar surface area (TPSA) is 64.7 Å². The average molecular weight is 399 g/mol. The van der Waals surface area contributed by atoms with E-state index in [4.69, 9.17) is 5.10 Å². The zero-order valence-electron chi connectivity index (χ0n) is 17.4. The van der Waals surface area contributed by atoms with Gasteiger partial charge >= 0.3 is 0 Å². The SMILES string of the molecule is CCn1nccc1C(C)NC(=O)c1c(-c2ccccc2)nn(-c2ccccc2)c1C. The molecule has 0 saturated carbocycles. The van der Waals surface area contributed by atoms with Crippen molar-refractivity contribution in [3.63, 3.8) is 0 Å². The van der Waals surface area contributed by atoms with Gasteiger partial charge in [0.2, 0.25) is 0 Å². The molecule has 0 radical (unpaired) electrons. The van der Waals surface area contributed by atoms with Crippen LogP contribution in [-0.4, -0.2) is 25.5 Å². The van der Waals surface area contributed by atoms with Crippen molar-refractivity contribution in [3.8, 4) is 16.9 Å². The fourth-order valence-electron chi connectivity index (χ4n) is 3.71. The van der Waals surface area contributed by atoms with Crippen molar-refractivity contribution in [2.24, 2.45) is 0 Å². The Labute approximate surface area is 176 Å². The minimum Gasteiger partial charge on any atom is -0.344 e. The van der Waals surface area contributed by atoms with Gasteiger partial charge < -0.3 is 5.32 Å². The van der Waals surface area contributed by atoms with E-state index in [1.54, 1.807) is 6.20 Å². The number of para-hydroxylation sites is 1. The molecule has 4 rings (SSSR count). The maximum absolute atomic E-state index is 13.4. The summed E-state index contributed by atoms with van der Waals surface area (Å²) in [5, 5.41) is 12.3. The van der Waals surface area contributed by atoms with Gasteiger partial charge in [-0.3, -0.25) is 9.48 Å².